The summed E-state index contributed by atoms with van der Waals surface area (Å²) in [5, 5.41) is 0. The molecule has 0 bridgehead atoms. The Kier molecular flexibility index (Phi) is 9.43. The number of benzene rings is 1. The summed E-state index contributed by atoms with van der Waals surface area (Å²) in [5.74, 6) is -2.17. The molecule has 0 N–H and O–H groups in total. The third-order valence-corrected chi connectivity index (χ3v) is 15.9. The van der Waals surface area contributed by atoms with Crippen molar-refractivity contribution in [3.8, 4) is 0 Å². The van der Waals surface area contributed by atoms with Crippen LogP contribution in [0.4, 0.5) is 0 Å². The number of carbonyl (C=O) groups excluding carboxylic acids is 4. The van der Waals surface area contributed by atoms with Crippen LogP contribution in [0.25, 0.3) is 0 Å². The van der Waals surface area contributed by atoms with Crippen LogP contribution in [-0.4, -0.2) is 50.7 Å². The second-order valence-corrected chi connectivity index (χ2v) is 18.7. The number of hydrogen-bond acceptors (Lipinski definition) is 9. The maximum atomic E-state index is 14.3. The van der Waals surface area contributed by atoms with Crippen molar-refractivity contribution < 1.29 is 41.3 Å². The Labute approximate surface area is 303 Å². The zero-order valence-corrected chi connectivity index (χ0v) is 32.1. The lowest BCUT2D eigenvalue weighted by molar-refractivity contribution is -0.166. The summed E-state index contributed by atoms with van der Waals surface area (Å²) in [6.45, 7) is 18.5. The van der Waals surface area contributed by atoms with Crippen LogP contribution in [0.15, 0.2) is 53.5 Å². The summed E-state index contributed by atoms with van der Waals surface area (Å²) in [4.78, 5) is 52.3. The van der Waals surface area contributed by atoms with Gasteiger partial charge in [0.1, 0.15) is 6.10 Å². The molecular formula is C41H54O9S. The summed E-state index contributed by atoms with van der Waals surface area (Å²) in [7, 11) is -4.08. The molecule has 0 aromatic heterocycles. The summed E-state index contributed by atoms with van der Waals surface area (Å²) in [6, 6.07) is 6.30. The van der Waals surface area contributed by atoms with Gasteiger partial charge in [0.05, 0.1) is 11.5 Å². The van der Waals surface area contributed by atoms with Crippen LogP contribution in [-0.2, 0) is 43.0 Å². The monoisotopic (exact) mass is 722 g/mol. The standard InChI is InChI=1S/C41H54O9S/c1-23-10-12-30(13-11-23)51(46,47)48-21-24(2)25(3)36(45)37(50-29(7)43)27(5)35-33(49-28(6)42)20-39(9)34-15-14-31-26(4)32(44)16-17-40(31)22-41(34,40)19-18-38(35,39)8/h10-13,16-17,24,26-27,31,33-35,37H,3,14-15,18-22H2,1-2,4-9H3. The second-order valence-electron chi connectivity index (χ2n) is 17.1. The van der Waals surface area contributed by atoms with Gasteiger partial charge in [-0.3, -0.25) is 23.4 Å². The molecule has 1 aromatic carbocycles. The van der Waals surface area contributed by atoms with Crippen LogP contribution in [0.1, 0.15) is 92.6 Å². The van der Waals surface area contributed by atoms with E-state index >= 15 is 0 Å². The zero-order valence-electron chi connectivity index (χ0n) is 31.3. The number of allylic oxidation sites excluding steroid dienone is 2. The molecule has 12 atom stereocenters. The van der Waals surface area contributed by atoms with Crippen LogP contribution >= 0.6 is 0 Å². The molecule has 0 radical (unpaired) electrons. The maximum absolute atomic E-state index is 14.3. The molecule has 1 aromatic rings. The van der Waals surface area contributed by atoms with Crippen molar-refractivity contribution in [2.24, 2.45) is 57.2 Å². The fraction of sp³-hybridized carbons (Fsp3) is 0.659. The number of carbonyl (C=O) groups is 4. The first-order chi connectivity index (χ1) is 23.7. The van der Waals surface area contributed by atoms with Gasteiger partial charge in [0.2, 0.25) is 0 Å². The van der Waals surface area contributed by atoms with Crippen LogP contribution in [0.2, 0.25) is 0 Å². The van der Waals surface area contributed by atoms with Crippen LogP contribution < -0.4 is 0 Å². The number of Topliss-reactive ketones (excluding diaryl/α,β-unsaturated/α-hetero) is 1. The minimum absolute atomic E-state index is 0.0140. The maximum Gasteiger partial charge on any atom is 0.303 e. The number of fused-ring (bicyclic) bond motifs is 2. The molecular weight excluding hydrogens is 669 g/mol. The molecule has 2 spiro atoms. The Hall–Kier alpha value is -3.11. The quantitative estimate of drug-likeness (QED) is 0.135. The van der Waals surface area contributed by atoms with E-state index in [-0.39, 0.29) is 56.4 Å². The number of rotatable bonds is 11. The van der Waals surface area contributed by atoms with E-state index in [1.807, 2.05) is 19.9 Å². The molecule has 0 amide bonds. The molecule has 10 heteroatoms. The molecule has 278 valence electrons. The van der Waals surface area contributed by atoms with E-state index in [0.29, 0.717) is 18.3 Å². The average molecular weight is 723 g/mol. The smallest absolute Gasteiger partial charge is 0.303 e. The molecule has 5 aliphatic carbocycles. The van der Waals surface area contributed by atoms with Gasteiger partial charge in [0, 0.05) is 37.5 Å². The van der Waals surface area contributed by atoms with Gasteiger partial charge in [-0.15, -0.1) is 0 Å². The average Bonchev–Trinajstić information content (AvgIpc) is 3.67. The lowest BCUT2D eigenvalue weighted by atomic mass is 9.43. The van der Waals surface area contributed by atoms with Crippen molar-refractivity contribution in [1.29, 1.82) is 0 Å². The third-order valence-electron chi connectivity index (χ3n) is 14.6. The van der Waals surface area contributed by atoms with Crippen LogP contribution in [0, 0.1) is 64.1 Å². The number of esters is 2. The van der Waals surface area contributed by atoms with E-state index in [9.17, 15) is 27.6 Å². The lowest BCUT2D eigenvalue weighted by Crippen LogP contribution is -2.56. The predicted molar refractivity (Wildman–Crippen MR) is 190 cm³/mol. The van der Waals surface area contributed by atoms with E-state index < -0.39 is 51.9 Å². The molecule has 9 nitrogen and oxygen atoms in total. The number of hydrogen-bond donors (Lipinski definition) is 0. The first kappa shape index (κ1) is 37.6. The predicted octanol–water partition coefficient (Wildman–Crippen LogP) is 6.97. The second kappa shape index (κ2) is 12.8. The molecule has 4 fully saturated rings. The fourth-order valence-corrected chi connectivity index (χ4v) is 12.9. The topological polar surface area (TPSA) is 130 Å². The van der Waals surface area contributed by atoms with Gasteiger partial charge in [-0.25, -0.2) is 0 Å². The van der Waals surface area contributed by atoms with Crippen molar-refractivity contribution in [1.82, 2.24) is 0 Å². The van der Waals surface area contributed by atoms with E-state index in [0.717, 1.165) is 37.7 Å². The van der Waals surface area contributed by atoms with Crippen molar-refractivity contribution in [2.45, 2.75) is 111 Å². The summed E-state index contributed by atoms with van der Waals surface area (Å²) in [5.41, 5.74) is 0.495. The van der Waals surface area contributed by atoms with Gasteiger partial charge >= 0.3 is 11.9 Å². The first-order valence-corrected chi connectivity index (χ1v) is 19.9. The zero-order chi connectivity index (χ0) is 37.5. The van der Waals surface area contributed by atoms with Gasteiger partial charge in [0.15, 0.2) is 17.7 Å². The SMILES string of the molecule is C=C(C(=O)C(OC(C)=O)C(C)C1C(OC(C)=O)CC2(C)C3CCC4C(C)C(=O)C=CC45CC35CCC12C)C(C)COS(=O)(=O)c1ccc(C)cc1. The minimum Gasteiger partial charge on any atom is -0.462 e. The van der Waals surface area contributed by atoms with Crippen molar-refractivity contribution >= 4 is 33.6 Å². The van der Waals surface area contributed by atoms with E-state index in [1.165, 1.54) is 26.0 Å². The molecule has 0 heterocycles. The molecule has 0 aliphatic heterocycles. The van der Waals surface area contributed by atoms with Crippen LogP contribution in [0.5, 0.6) is 0 Å². The van der Waals surface area contributed by atoms with Gasteiger partial charge < -0.3 is 9.47 Å². The van der Waals surface area contributed by atoms with E-state index in [1.54, 1.807) is 19.1 Å². The Morgan fingerprint density at radius 1 is 1.00 bits per heavy atom. The highest BCUT2D eigenvalue weighted by Crippen LogP contribution is 2.87. The molecule has 0 saturated heterocycles. The van der Waals surface area contributed by atoms with Gasteiger partial charge in [0.25, 0.3) is 10.1 Å². The summed E-state index contributed by atoms with van der Waals surface area (Å²) < 4.78 is 43.1. The molecule has 12 unspecified atom stereocenters. The minimum atomic E-state index is -4.08. The Bertz CT molecular complexity index is 1780. The fourth-order valence-electron chi connectivity index (χ4n) is 11.9. The van der Waals surface area contributed by atoms with Crippen molar-refractivity contribution in [2.75, 3.05) is 6.61 Å². The first-order valence-electron chi connectivity index (χ1n) is 18.5. The van der Waals surface area contributed by atoms with Gasteiger partial charge in [-0.05, 0) is 103 Å². The Morgan fingerprint density at radius 2 is 1.67 bits per heavy atom. The highest BCUT2D eigenvalue weighted by molar-refractivity contribution is 7.86. The van der Waals surface area contributed by atoms with E-state index in [2.05, 4.69) is 33.4 Å². The summed E-state index contributed by atoms with van der Waals surface area (Å²) in [6.07, 6.45) is 7.82. The Morgan fingerprint density at radius 3 is 2.29 bits per heavy atom. The van der Waals surface area contributed by atoms with Crippen molar-refractivity contribution in [3.05, 3.63) is 54.1 Å². The van der Waals surface area contributed by atoms with Crippen LogP contribution in [0.3, 0.4) is 0 Å². The highest BCUT2D eigenvalue weighted by Gasteiger charge is 2.81. The van der Waals surface area contributed by atoms with Gasteiger partial charge in [-0.1, -0.05) is 65.0 Å². The number of aryl methyl sites for hydroxylation is 1. The lowest BCUT2D eigenvalue weighted by Gasteiger charge is -2.61. The number of ketones is 2. The van der Waals surface area contributed by atoms with E-state index in [4.69, 9.17) is 13.7 Å². The third kappa shape index (κ3) is 5.78. The summed E-state index contributed by atoms with van der Waals surface area (Å²) >= 11 is 0. The number of ether oxygens (including phenoxy) is 2. The molecule has 6 rings (SSSR count). The van der Waals surface area contributed by atoms with Gasteiger partial charge in [-0.2, -0.15) is 8.42 Å². The molecule has 4 saturated carbocycles. The highest BCUT2D eigenvalue weighted by atomic mass is 32.2. The largest absolute Gasteiger partial charge is 0.462 e. The van der Waals surface area contributed by atoms with Crippen molar-refractivity contribution in [3.63, 3.8) is 0 Å². The Balaban J connectivity index is 1.27. The molecule has 51 heavy (non-hydrogen) atoms. The normalized spacial score (nSPS) is 38.2. The molecule has 5 aliphatic rings.